The van der Waals surface area contributed by atoms with Crippen LogP contribution in [0.25, 0.3) is 5.52 Å². The van der Waals surface area contributed by atoms with Crippen LogP contribution in [0.2, 0.25) is 0 Å². The van der Waals surface area contributed by atoms with Gasteiger partial charge in [-0.2, -0.15) is 13.2 Å². The molecule has 0 saturated carbocycles. The van der Waals surface area contributed by atoms with Crippen molar-refractivity contribution in [2.24, 2.45) is 5.41 Å². The van der Waals surface area contributed by atoms with Crippen LogP contribution in [0.1, 0.15) is 25.8 Å². The summed E-state index contributed by atoms with van der Waals surface area (Å²) in [5.74, 6) is -0.651. The lowest BCUT2D eigenvalue weighted by atomic mass is 9.77. The van der Waals surface area contributed by atoms with Crippen molar-refractivity contribution in [3.63, 3.8) is 0 Å². The van der Waals surface area contributed by atoms with Gasteiger partial charge in [0, 0.05) is 31.1 Å². The zero-order chi connectivity index (χ0) is 17.9. The molecule has 1 spiro atoms. The van der Waals surface area contributed by atoms with Crippen molar-refractivity contribution < 1.29 is 22.6 Å². The number of hydrogen-bond acceptors (Lipinski definition) is 4. The molecule has 2 fully saturated rings. The summed E-state index contributed by atoms with van der Waals surface area (Å²) in [5, 5.41) is 0. The van der Waals surface area contributed by atoms with Gasteiger partial charge in [-0.15, -0.1) is 0 Å². The van der Waals surface area contributed by atoms with Gasteiger partial charge >= 0.3 is 6.18 Å². The maximum atomic E-state index is 13.3. The van der Waals surface area contributed by atoms with E-state index in [0.29, 0.717) is 43.9 Å². The van der Waals surface area contributed by atoms with Crippen molar-refractivity contribution in [1.29, 1.82) is 0 Å². The molecule has 5 nitrogen and oxygen atoms in total. The summed E-state index contributed by atoms with van der Waals surface area (Å²) in [5.41, 5.74) is 0.160. The molecule has 4 rings (SSSR count). The van der Waals surface area contributed by atoms with E-state index < -0.39 is 17.5 Å². The number of fused-ring (bicyclic) bond motifs is 1. The topological polar surface area (TPSA) is 39.0 Å². The predicted molar refractivity (Wildman–Crippen MR) is 85.4 cm³/mol. The van der Waals surface area contributed by atoms with Gasteiger partial charge in [0.05, 0.1) is 42.5 Å². The van der Waals surface area contributed by atoms with Crippen LogP contribution >= 0.6 is 0 Å². The Bertz CT molecular complexity index is 794. The lowest BCUT2D eigenvalue weighted by Gasteiger charge is -2.50. The van der Waals surface area contributed by atoms with Gasteiger partial charge in [-0.1, -0.05) is 13.8 Å². The first-order chi connectivity index (χ1) is 11.7. The highest BCUT2D eigenvalue weighted by molar-refractivity contribution is 5.73. The minimum absolute atomic E-state index is 0.354. The quantitative estimate of drug-likeness (QED) is 0.787. The largest absolute Gasteiger partial charge is 0.417 e. The number of rotatable bonds is 1. The average molecular weight is 355 g/mol. The van der Waals surface area contributed by atoms with E-state index in [1.54, 1.807) is 6.20 Å². The van der Waals surface area contributed by atoms with Gasteiger partial charge in [0.1, 0.15) is 0 Å². The minimum atomic E-state index is -4.41. The fraction of sp³-hybridized carbons (Fsp3) is 0.588. The smallest absolute Gasteiger partial charge is 0.369 e. The third-order valence-electron chi connectivity index (χ3n) is 5.25. The van der Waals surface area contributed by atoms with Crippen LogP contribution in [0.4, 0.5) is 18.9 Å². The van der Waals surface area contributed by atoms with Crippen LogP contribution in [0.3, 0.4) is 0 Å². The van der Waals surface area contributed by atoms with E-state index >= 15 is 0 Å². The van der Waals surface area contributed by atoms with E-state index in [4.69, 9.17) is 9.47 Å². The number of nitrogens with zero attached hydrogens (tertiary/aromatic N) is 3. The summed E-state index contributed by atoms with van der Waals surface area (Å²) >= 11 is 0. The number of piperidine rings is 1. The third kappa shape index (κ3) is 2.58. The van der Waals surface area contributed by atoms with E-state index in [-0.39, 0.29) is 5.41 Å². The Labute approximate surface area is 143 Å². The molecule has 8 heteroatoms. The summed E-state index contributed by atoms with van der Waals surface area (Å²) < 4.78 is 53.0. The normalized spacial score (nSPS) is 22.8. The van der Waals surface area contributed by atoms with Gasteiger partial charge < -0.3 is 18.8 Å². The second kappa shape index (κ2) is 5.35. The monoisotopic (exact) mass is 355 g/mol. The molecule has 0 aliphatic carbocycles. The van der Waals surface area contributed by atoms with Crippen LogP contribution < -0.4 is 4.90 Å². The van der Waals surface area contributed by atoms with Gasteiger partial charge in [-0.25, -0.2) is 4.98 Å². The number of imidazole rings is 1. The van der Waals surface area contributed by atoms with Crippen LogP contribution in [0.5, 0.6) is 0 Å². The van der Waals surface area contributed by atoms with Crippen molar-refractivity contribution in [1.82, 2.24) is 9.38 Å². The van der Waals surface area contributed by atoms with Crippen molar-refractivity contribution in [2.75, 3.05) is 31.2 Å². The molecule has 136 valence electrons. The van der Waals surface area contributed by atoms with Crippen molar-refractivity contribution in [3.05, 3.63) is 30.4 Å². The SMILES string of the molecule is CC1(C)CN(c2cc(C(F)(F)F)cn3cncc23)CCC12OCCO2. The first kappa shape index (κ1) is 16.7. The van der Waals surface area contributed by atoms with Crippen molar-refractivity contribution >= 4 is 11.2 Å². The number of hydrogen-bond donors (Lipinski definition) is 0. The summed E-state index contributed by atoms with van der Waals surface area (Å²) in [6.07, 6.45) is 0.267. The Kier molecular flexibility index (Phi) is 3.56. The lowest BCUT2D eigenvalue weighted by Crippen LogP contribution is -2.58. The highest BCUT2D eigenvalue weighted by atomic mass is 19.4. The Morgan fingerprint density at radius 1 is 1.20 bits per heavy atom. The van der Waals surface area contributed by atoms with Crippen LogP contribution in [-0.2, 0) is 15.7 Å². The van der Waals surface area contributed by atoms with E-state index in [9.17, 15) is 13.2 Å². The number of pyridine rings is 1. The number of halogens is 3. The fourth-order valence-electron chi connectivity index (χ4n) is 3.92. The highest BCUT2D eigenvalue weighted by Crippen LogP contribution is 2.46. The Balaban J connectivity index is 1.74. The molecule has 0 bridgehead atoms. The molecule has 4 heterocycles. The minimum Gasteiger partial charge on any atom is -0.369 e. The first-order valence-electron chi connectivity index (χ1n) is 8.28. The van der Waals surface area contributed by atoms with E-state index in [1.165, 1.54) is 16.8 Å². The molecule has 0 aromatic carbocycles. The predicted octanol–water partition coefficient (Wildman–Crippen LogP) is 3.33. The number of anilines is 1. The molecular weight excluding hydrogens is 335 g/mol. The molecule has 2 aliphatic rings. The Morgan fingerprint density at radius 2 is 1.92 bits per heavy atom. The molecule has 0 atom stereocenters. The van der Waals surface area contributed by atoms with Gasteiger partial charge in [-0.05, 0) is 6.07 Å². The van der Waals surface area contributed by atoms with Gasteiger partial charge in [0.25, 0.3) is 0 Å². The zero-order valence-corrected chi connectivity index (χ0v) is 14.1. The maximum Gasteiger partial charge on any atom is 0.417 e. The Morgan fingerprint density at radius 3 is 2.56 bits per heavy atom. The molecule has 0 amide bonds. The maximum absolute atomic E-state index is 13.3. The van der Waals surface area contributed by atoms with E-state index in [0.717, 1.165) is 6.20 Å². The molecule has 2 saturated heterocycles. The second-order valence-electron chi connectivity index (χ2n) is 7.30. The second-order valence-corrected chi connectivity index (χ2v) is 7.30. The van der Waals surface area contributed by atoms with E-state index in [1.807, 2.05) is 18.7 Å². The summed E-state index contributed by atoms with van der Waals surface area (Å²) in [4.78, 5) is 5.98. The summed E-state index contributed by atoms with van der Waals surface area (Å²) in [7, 11) is 0. The number of alkyl halides is 3. The highest BCUT2D eigenvalue weighted by Gasteiger charge is 2.53. The average Bonchev–Trinajstić information content (AvgIpc) is 3.18. The van der Waals surface area contributed by atoms with E-state index in [2.05, 4.69) is 4.98 Å². The number of aromatic nitrogens is 2. The molecule has 2 aromatic heterocycles. The van der Waals surface area contributed by atoms with Gasteiger partial charge in [0.2, 0.25) is 0 Å². The molecule has 2 aromatic rings. The summed E-state index contributed by atoms with van der Waals surface area (Å²) in [6.45, 7) is 6.28. The Hall–Kier alpha value is -1.80. The molecule has 2 aliphatic heterocycles. The lowest BCUT2D eigenvalue weighted by molar-refractivity contribution is -0.235. The van der Waals surface area contributed by atoms with Gasteiger partial charge in [-0.3, -0.25) is 0 Å². The fourth-order valence-corrected chi connectivity index (χ4v) is 3.92. The molecular formula is C17H20F3N3O2. The van der Waals surface area contributed by atoms with Gasteiger partial charge in [0.15, 0.2) is 5.79 Å². The standard InChI is InChI=1S/C17H20F3N3O2/c1-15(2)10-22(4-3-16(15)24-5-6-25-16)13-7-12(17(18,19)20)9-23-11-21-8-14(13)23/h7-9,11H,3-6,10H2,1-2H3. The molecule has 0 radical (unpaired) electrons. The third-order valence-corrected chi connectivity index (χ3v) is 5.25. The molecule has 0 N–H and O–H groups in total. The first-order valence-corrected chi connectivity index (χ1v) is 8.28. The van der Waals surface area contributed by atoms with Crippen molar-refractivity contribution in [2.45, 2.75) is 32.2 Å². The molecule has 0 unspecified atom stereocenters. The molecule has 25 heavy (non-hydrogen) atoms. The zero-order valence-electron chi connectivity index (χ0n) is 14.1. The van der Waals surface area contributed by atoms with Crippen LogP contribution in [-0.4, -0.2) is 41.5 Å². The van der Waals surface area contributed by atoms with Crippen LogP contribution in [0.15, 0.2) is 24.8 Å². The summed E-state index contributed by atoms with van der Waals surface area (Å²) in [6, 6.07) is 1.21. The van der Waals surface area contributed by atoms with Crippen LogP contribution in [0, 0.1) is 5.41 Å². The van der Waals surface area contributed by atoms with Crippen molar-refractivity contribution in [3.8, 4) is 0 Å². The number of ether oxygens (including phenoxy) is 2.